The average Bonchev–Trinajstić information content (AvgIpc) is 3.21. The van der Waals surface area contributed by atoms with E-state index in [0.717, 1.165) is 0 Å². The van der Waals surface area contributed by atoms with Crippen LogP contribution in [0.4, 0.5) is 5.13 Å². The highest BCUT2D eigenvalue weighted by molar-refractivity contribution is 7.13. The van der Waals surface area contributed by atoms with Gasteiger partial charge in [-0.2, -0.15) is 0 Å². The van der Waals surface area contributed by atoms with Crippen LogP contribution >= 0.6 is 11.3 Å². The largest absolute Gasteiger partial charge is 0.497 e. The van der Waals surface area contributed by atoms with Gasteiger partial charge in [0.2, 0.25) is 0 Å². The van der Waals surface area contributed by atoms with Crippen LogP contribution in [-0.2, 0) is 0 Å². The minimum absolute atomic E-state index is 0.222. The van der Waals surface area contributed by atoms with Gasteiger partial charge in [0.25, 0.3) is 11.5 Å². The molecule has 0 aliphatic rings. The van der Waals surface area contributed by atoms with Gasteiger partial charge in [0, 0.05) is 23.2 Å². The summed E-state index contributed by atoms with van der Waals surface area (Å²) >= 11 is 1.33. The third kappa shape index (κ3) is 3.30. The number of aromatic nitrogens is 3. The summed E-state index contributed by atoms with van der Waals surface area (Å²) < 4.78 is 6.65. The monoisotopic (exact) mass is 378 g/mol. The Kier molecular flexibility index (Phi) is 4.39. The molecule has 0 atom stereocenters. The quantitative estimate of drug-likeness (QED) is 0.590. The molecule has 0 bridgehead atoms. The van der Waals surface area contributed by atoms with Gasteiger partial charge in [0.1, 0.15) is 12.1 Å². The Balaban J connectivity index is 1.72. The number of rotatable bonds is 4. The summed E-state index contributed by atoms with van der Waals surface area (Å²) in [6.45, 7) is 0. The minimum Gasteiger partial charge on any atom is -0.497 e. The molecule has 4 aromatic rings. The lowest BCUT2D eigenvalue weighted by Crippen LogP contribution is -2.19. The van der Waals surface area contributed by atoms with Crippen molar-refractivity contribution >= 4 is 33.3 Å². The van der Waals surface area contributed by atoms with Gasteiger partial charge in [-0.3, -0.25) is 19.5 Å². The lowest BCUT2D eigenvalue weighted by atomic mass is 10.1. The van der Waals surface area contributed by atoms with Crippen LogP contribution < -0.4 is 15.6 Å². The first-order chi connectivity index (χ1) is 13.2. The summed E-state index contributed by atoms with van der Waals surface area (Å²) in [7, 11) is 1.57. The molecular formula is C19H14N4O3S. The molecule has 0 aliphatic carbocycles. The Morgan fingerprint density at radius 1 is 1.19 bits per heavy atom. The van der Waals surface area contributed by atoms with Crippen molar-refractivity contribution in [3.05, 3.63) is 76.3 Å². The molecule has 2 aromatic carbocycles. The maximum absolute atomic E-state index is 12.8. The molecule has 27 heavy (non-hydrogen) atoms. The van der Waals surface area contributed by atoms with E-state index >= 15 is 0 Å². The lowest BCUT2D eigenvalue weighted by molar-refractivity contribution is 0.102. The Hall–Kier alpha value is -3.52. The molecule has 1 amide bonds. The highest BCUT2D eigenvalue weighted by atomic mass is 32.1. The SMILES string of the molecule is COc1cccc(-n2cnc3cc(C(=O)Nc4nccs4)ccc3c2=O)c1. The molecule has 2 heterocycles. The Morgan fingerprint density at radius 3 is 2.85 bits per heavy atom. The van der Waals surface area contributed by atoms with Crippen LogP contribution in [0.15, 0.2) is 65.2 Å². The van der Waals surface area contributed by atoms with Gasteiger partial charge in [-0.25, -0.2) is 9.97 Å². The molecule has 4 rings (SSSR count). The molecule has 0 unspecified atom stereocenters. The molecule has 0 fully saturated rings. The second-order valence-corrected chi connectivity index (χ2v) is 6.54. The second kappa shape index (κ2) is 7.00. The van der Waals surface area contributed by atoms with Crippen LogP contribution in [0.25, 0.3) is 16.6 Å². The topological polar surface area (TPSA) is 86.1 Å². The maximum Gasteiger partial charge on any atom is 0.265 e. The van der Waals surface area contributed by atoms with Crippen molar-refractivity contribution < 1.29 is 9.53 Å². The zero-order chi connectivity index (χ0) is 18.8. The fourth-order valence-corrected chi connectivity index (χ4v) is 3.19. The summed E-state index contributed by atoms with van der Waals surface area (Å²) in [5, 5.41) is 5.42. The number of amides is 1. The number of anilines is 1. The van der Waals surface area contributed by atoms with Gasteiger partial charge >= 0.3 is 0 Å². The number of carbonyl (C=O) groups excluding carboxylic acids is 1. The third-order valence-electron chi connectivity index (χ3n) is 4.01. The fraction of sp³-hybridized carbons (Fsp3) is 0.0526. The van der Waals surface area contributed by atoms with E-state index in [1.807, 2.05) is 0 Å². The van der Waals surface area contributed by atoms with E-state index in [1.165, 1.54) is 22.2 Å². The van der Waals surface area contributed by atoms with Crippen molar-refractivity contribution in [2.45, 2.75) is 0 Å². The summed E-state index contributed by atoms with van der Waals surface area (Å²) in [5.41, 5.74) is 1.29. The van der Waals surface area contributed by atoms with Crippen LogP contribution in [0.1, 0.15) is 10.4 Å². The summed E-state index contributed by atoms with van der Waals surface area (Å²) in [4.78, 5) is 33.5. The van der Waals surface area contributed by atoms with Crippen LogP contribution in [0, 0.1) is 0 Å². The molecule has 0 saturated carbocycles. The molecule has 1 N–H and O–H groups in total. The van der Waals surface area contributed by atoms with Crippen LogP contribution in [0.5, 0.6) is 5.75 Å². The van der Waals surface area contributed by atoms with Crippen molar-refractivity contribution in [3.63, 3.8) is 0 Å². The first-order valence-corrected chi connectivity index (χ1v) is 8.90. The second-order valence-electron chi connectivity index (χ2n) is 5.64. The van der Waals surface area contributed by atoms with Gasteiger partial charge < -0.3 is 4.74 Å². The number of hydrogen-bond donors (Lipinski definition) is 1. The molecule has 0 radical (unpaired) electrons. The molecule has 8 heteroatoms. The van der Waals surface area contributed by atoms with Gasteiger partial charge in [0.15, 0.2) is 5.13 Å². The molecular weight excluding hydrogens is 364 g/mol. The number of carbonyl (C=O) groups is 1. The number of benzene rings is 2. The third-order valence-corrected chi connectivity index (χ3v) is 4.69. The number of hydrogen-bond acceptors (Lipinski definition) is 6. The summed E-state index contributed by atoms with van der Waals surface area (Å²) in [6.07, 6.45) is 3.06. The van der Waals surface area contributed by atoms with Crippen molar-refractivity contribution in [2.75, 3.05) is 12.4 Å². The minimum atomic E-state index is -0.300. The number of fused-ring (bicyclic) bond motifs is 1. The highest BCUT2D eigenvalue weighted by Gasteiger charge is 2.12. The zero-order valence-electron chi connectivity index (χ0n) is 14.2. The van der Waals surface area contributed by atoms with E-state index < -0.39 is 0 Å². The fourth-order valence-electron chi connectivity index (χ4n) is 2.66. The van der Waals surface area contributed by atoms with E-state index in [2.05, 4.69) is 15.3 Å². The Labute approximate surface area is 157 Å². The predicted molar refractivity (Wildman–Crippen MR) is 104 cm³/mol. The number of nitrogens with zero attached hydrogens (tertiary/aromatic N) is 3. The van der Waals surface area contributed by atoms with E-state index in [9.17, 15) is 9.59 Å². The molecule has 0 aliphatic heterocycles. The Bertz CT molecular complexity index is 1190. The normalized spacial score (nSPS) is 10.7. The molecule has 0 saturated heterocycles. The number of methoxy groups -OCH3 is 1. The van der Waals surface area contributed by atoms with Gasteiger partial charge in [-0.15, -0.1) is 11.3 Å². The van der Waals surface area contributed by atoms with Gasteiger partial charge in [0.05, 0.1) is 23.7 Å². The first kappa shape index (κ1) is 16.9. The number of ether oxygens (including phenoxy) is 1. The van der Waals surface area contributed by atoms with Gasteiger partial charge in [-0.1, -0.05) is 6.07 Å². The standard InChI is InChI=1S/C19H14N4O3S/c1-26-14-4-2-3-13(10-14)23-11-21-16-9-12(5-6-15(16)18(23)25)17(24)22-19-20-7-8-27-19/h2-11H,1H3,(H,20,22,24). The molecule has 134 valence electrons. The van der Waals surface area contributed by atoms with E-state index in [0.29, 0.717) is 33.0 Å². The predicted octanol–water partition coefficient (Wildman–Crippen LogP) is 3.10. The number of thiazole rings is 1. The molecule has 0 spiro atoms. The van der Waals surface area contributed by atoms with E-state index in [4.69, 9.17) is 4.74 Å². The van der Waals surface area contributed by atoms with Crippen molar-refractivity contribution in [1.82, 2.24) is 14.5 Å². The summed E-state index contributed by atoms with van der Waals surface area (Å²) in [5.74, 6) is 0.347. The zero-order valence-corrected chi connectivity index (χ0v) is 15.1. The van der Waals surface area contributed by atoms with Crippen LogP contribution in [-0.4, -0.2) is 27.6 Å². The Morgan fingerprint density at radius 2 is 2.07 bits per heavy atom. The van der Waals surface area contributed by atoms with Crippen molar-refractivity contribution in [2.24, 2.45) is 0 Å². The van der Waals surface area contributed by atoms with Crippen molar-refractivity contribution in [1.29, 1.82) is 0 Å². The van der Waals surface area contributed by atoms with Crippen LogP contribution in [0.3, 0.4) is 0 Å². The molecule has 2 aromatic heterocycles. The number of nitrogens with one attached hydrogen (secondary N) is 1. The summed E-state index contributed by atoms with van der Waals surface area (Å²) in [6, 6.07) is 12.0. The van der Waals surface area contributed by atoms with Gasteiger partial charge in [-0.05, 0) is 30.3 Å². The highest BCUT2D eigenvalue weighted by Crippen LogP contribution is 2.18. The molecule has 7 nitrogen and oxygen atoms in total. The van der Waals surface area contributed by atoms with Crippen molar-refractivity contribution in [3.8, 4) is 11.4 Å². The van der Waals surface area contributed by atoms with Crippen LogP contribution in [0.2, 0.25) is 0 Å². The first-order valence-electron chi connectivity index (χ1n) is 8.02. The van der Waals surface area contributed by atoms with E-state index in [-0.39, 0.29) is 11.5 Å². The maximum atomic E-state index is 12.8. The smallest absolute Gasteiger partial charge is 0.265 e. The van der Waals surface area contributed by atoms with E-state index in [1.54, 1.807) is 61.2 Å². The average molecular weight is 378 g/mol. The lowest BCUT2D eigenvalue weighted by Gasteiger charge is -2.09.